The van der Waals surface area contributed by atoms with E-state index in [1.54, 1.807) is 0 Å². The van der Waals surface area contributed by atoms with E-state index in [-0.39, 0.29) is 0 Å². The average molecular weight is 288 g/mol. The summed E-state index contributed by atoms with van der Waals surface area (Å²) in [7, 11) is 0. The number of amides is 1. The number of hydrogen-bond acceptors (Lipinski definition) is 1. The van der Waals surface area contributed by atoms with Crippen LogP contribution in [0.3, 0.4) is 0 Å². The summed E-state index contributed by atoms with van der Waals surface area (Å²) in [4.78, 5) is 14.4. The maximum atomic E-state index is 12.2. The van der Waals surface area contributed by atoms with Gasteiger partial charge in [-0.15, -0.1) is 0 Å². The maximum absolute atomic E-state index is 12.2. The largest absolute Gasteiger partial charge is 0.339 e. The summed E-state index contributed by atoms with van der Waals surface area (Å²) >= 11 is 3.56. The van der Waals surface area contributed by atoms with Gasteiger partial charge in [0.25, 0.3) is 0 Å². The van der Waals surface area contributed by atoms with E-state index in [2.05, 4.69) is 20.8 Å². The van der Waals surface area contributed by atoms with Crippen molar-refractivity contribution in [3.63, 3.8) is 0 Å². The van der Waals surface area contributed by atoms with Crippen molar-refractivity contribution >= 4 is 21.8 Å². The molecule has 2 fully saturated rings. The van der Waals surface area contributed by atoms with E-state index >= 15 is 0 Å². The first kappa shape index (κ1) is 12.4. The van der Waals surface area contributed by atoms with Gasteiger partial charge in [0.05, 0.1) is 0 Å². The Bertz CT molecular complexity index is 240. The summed E-state index contributed by atoms with van der Waals surface area (Å²) in [5.74, 6) is 1.11. The SMILES string of the molecule is O=C(CC1CCC1)N1CCCCCC1CBr. The molecule has 2 rings (SSSR count). The lowest BCUT2D eigenvalue weighted by atomic mass is 9.82. The van der Waals surface area contributed by atoms with Crippen LogP contribution in [0.25, 0.3) is 0 Å². The van der Waals surface area contributed by atoms with Gasteiger partial charge in [0.15, 0.2) is 0 Å². The van der Waals surface area contributed by atoms with Gasteiger partial charge in [-0.05, 0) is 31.6 Å². The number of rotatable bonds is 3. The van der Waals surface area contributed by atoms with Crippen LogP contribution in [0.4, 0.5) is 0 Å². The van der Waals surface area contributed by atoms with Crippen LogP contribution in [0.5, 0.6) is 0 Å². The van der Waals surface area contributed by atoms with E-state index in [1.807, 2.05) is 0 Å². The standard InChI is InChI=1S/C13H22BrNO/c14-10-12-7-2-1-3-8-15(12)13(16)9-11-5-4-6-11/h11-12H,1-10H2. The number of carbonyl (C=O) groups is 1. The summed E-state index contributed by atoms with van der Waals surface area (Å²) in [6, 6.07) is 0.454. The van der Waals surface area contributed by atoms with Crippen LogP contribution in [-0.4, -0.2) is 28.7 Å². The van der Waals surface area contributed by atoms with Crippen LogP contribution in [-0.2, 0) is 4.79 Å². The van der Waals surface area contributed by atoms with Gasteiger partial charge in [-0.3, -0.25) is 4.79 Å². The van der Waals surface area contributed by atoms with Gasteiger partial charge in [0.1, 0.15) is 0 Å². The van der Waals surface area contributed by atoms with E-state index in [1.165, 1.54) is 44.9 Å². The van der Waals surface area contributed by atoms with Crippen molar-refractivity contribution in [1.82, 2.24) is 4.90 Å². The molecule has 1 aliphatic heterocycles. The zero-order valence-corrected chi connectivity index (χ0v) is 11.5. The molecule has 0 N–H and O–H groups in total. The minimum absolute atomic E-state index is 0.413. The molecule has 0 radical (unpaired) electrons. The zero-order valence-electron chi connectivity index (χ0n) is 9.96. The first-order valence-corrected chi connectivity index (χ1v) is 7.79. The highest BCUT2D eigenvalue weighted by Gasteiger charge is 2.28. The van der Waals surface area contributed by atoms with Crippen molar-refractivity contribution in [2.24, 2.45) is 5.92 Å². The Balaban J connectivity index is 1.89. The first-order valence-electron chi connectivity index (χ1n) is 6.66. The Morgan fingerprint density at radius 1 is 1.12 bits per heavy atom. The van der Waals surface area contributed by atoms with Crippen molar-refractivity contribution < 1.29 is 4.79 Å². The second kappa shape index (κ2) is 6.04. The molecule has 2 nitrogen and oxygen atoms in total. The number of alkyl halides is 1. The Hall–Kier alpha value is -0.0500. The van der Waals surface area contributed by atoms with Gasteiger partial charge in [-0.2, -0.15) is 0 Å². The Morgan fingerprint density at radius 3 is 2.56 bits per heavy atom. The zero-order chi connectivity index (χ0) is 11.4. The maximum Gasteiger partial charge on any atom is 0.223 e. The van der Waals surface area contributed by atoms with Crippen LogP contribution >= 0.6 is 15.9 Å². The predicted octanol–water partition coefficient (Wildman–Crippen LogP) is 3.34. The third-order valence-corrected chi connectivity index (χ3v) is 4.81. The van der Waals surface area contributed by atoms with Crippen molar-refractivity contribution in [2.75, 3.05) is 11.9 Å². The minimum Gasteiger partial charge on any atom is -0.339 e. The summed E-state index contributed by atoms with van der Waals surface area (Å²) < 4.78 is 0. The molecule has 16 heavy (non-hydrogen) atoms. The van der Waals surface area contributed by atoms with Crippen LogP contribution in [0.15, 0.2) is 0 Å². The lowest BCUT2D eigenvalue weighted by Gasteiger charge is -2.32. The molecule has 2 aliphatic rings. The van der Waals surface area contributed by atoms with Crippen LogP contribution in [0.1, 0.15) is 51.4 Å². The quantitative estimate of drug-likeness (QED) is 0.729. The molecule has 1 unspecified atom stereocenters. The molecule has 1 aliphatic carbocycles. The summed E-state index contributed by atoms with van der Waals surface area (Å²) in [5.41, 5.74) is 0. The van der Waals surface area contributed by atoms with Crippen molar-refractivity contribution in [1.29, 1.82) is 0 Å². The topological polar surface area (TPSA) is 20.3 Å². The van der Waals surface area contributed by atoms with E-state index in [0.29, 0.717) is 17.9 Å². The van der Waals surface area contributed by atoms with Gasteiger partial charge >= 0.3 is 0 Å². The fourth-order valence-corrected chi connectivity index (χ4v) is 3.40. The van der Waals surface area contributed by atoms with Gasteiger partial charge in [0.2, 0.25) is 5.91 Å². The van der Waals surface area contributed by atoms with Crippen molar-refractivity contribution in [2.45, 2.75) is 57.4 Å². The van der Waals surface area contributed by atoms with E-state index in [9.17, 15) is 4.79 Å². The molecule has 92 valence electrons. The molecule has 1 saturated carbocycles. The number of halogens is 1. The molecule has 0 bridgehead atoms. The average Bonchev–Trinajstić information content (AvgIpc) is 2.47. The fraction of sp³-hybridized carbons (Fsp3) is 0.923. The van der Waals surface area contributed by atoms with Crippen molar-refractivity contribution in [3.8, 4) is 0 Å². The molecular weight excluding hydrogens is 266 g/mol. The lowest BCUT2D eigenvalue weighted by molar-refractivity contribution is -0.134. The highest BCUT2D eigenvalue weighted by Crippen LogP contribution is 2.31. The van der Waals surface area contributed by atoms with E-state index < -0.39 is 0 Å². The molecule has 1 heterocycles. The third-order valence-electron chi connectivity index (χ3n) is 4.06. The van der Waals surface area contributed by atoms with Gasteiger partial charge in [0, 0.05) is 24.3 Å². The van der Waals surface area contributed by atoms with Crippen molar-refractivity contribution in [3.05, 3.63) is 0 Å². The molecule has 0 aromatic heterocycles. The second-order valence-electron chi connectivity index (χ2n) is 5.25. The molecule has 0 spiro atoms. The Labute approximate surface area is 107 Å². The molecule has 1 amide bonds. The van der Waals surface area contributed by atoms with Crippen LogP contribution in [0.2, 0.25) is 0 Å². The molecule has 0 aromatic rings. The number of carbonyl (C=O) groups excluding carboxylic acids is 1. The fourth-order valence-electron chi connectivity index (χ4n) is 2.73. The highest BCUT2D eigenvalue weighted by atomic mass is 79.9. The molecular formula is C13H22BrNO. The second-order valence-corrected chi connectivity index (χ2v) is 5.89. The number of nitrogens with zero attached hydrogens (tertiary/aromatic N) is 1. The van der Waals surface area contributed by atoms with E-state index in [4.69, 9.17) is 0 Å². The third kappa shape index (κ3) is 2.99. The highest BCUT2D eigenvalue weighted by molar-refractivity contribution is 9.09. The molecule has 1 saturated heterocycles. The first-order chi connectivity index (χ1) is 7.81. The normalized spacial score (nSPS) is 27.3. The summed E-state index contributed by atoms with van der Waals surface area (Å²) in [5, 5.41) is 0.948. The monoisotopic (exact) mass is 287 g/mol. The minimum atomic E-state index is 0.413. The van der Waals surface area contributed by atoms with Gasteiger partial charge in [-0.25, -0.2) is 0 Å². The lowest BCUT2D eigenvalue weighted by Crippen LogP contribution is -2.42. The molecule has 0 aromatic carbocycles. The Morgan fingerprint density at radius 2 is 1.94 bits per heavy atom. The van der Waals surface area contributed by atoms with Crippen LogP contribution in [0, 0.1) is 5.92 Å². The summed E-state index contributed by atoms with van der Waals surface area (Å²) in [6.45, 7) is 0.988. The molecule has 3 heteroatoms. The van der Waals surface area contributed by atoms with Crippen LogP contribution < -0.4 is 0 Å². The van der Waals surface area contributed by atoms with E-state index in [0.717, 1.165) is 18.3 Å². The molecule has 1 atom stereocenters. The predicted molar refractivity (Wildman–Crippen MR) is 69.7 cm³/mol. The number of likely N-dealkylation sites (tertiary alicyclic amines) is 1. The Kier molecular flexibility index (Phi) is 4.68. The smallest absolute Gasteiger partial charge is 0.223 e. The number of hydrogen-bond donors (Lipinski definition) is 0. The van der Waals surface area contributed by atoms with Gasteiger partial charge < -0.3 is 4.90 Å². The summed E-state index contributed by atoms with van der Waals surface area (Å²) in [6.07, 6.45) is 9.64. The van der Waals surface area contributed by atoms with Gasteiger partial charge in [-0.1, -0.05) is 35.2 Å².